The zero-order chi connectivity index (χ0) is 15.8. The van der Waals surface area contributed by atoms with Crippen LogP contribution in [-0.2, 0) is 0 Å². The summed E-state index contributed by atoms with van der Waals surface area (Å²) in [5.74, 6) is 0. The van der Waals surface area contributed by atoms with Gasteiger partial charge in [-0.3, -0.25) is 0 Å². The van der Waals surface area contributed by atoms with Gasteiger partial charge in [0.2, 0.25) is 0 Å². The molecular formula is C19H16N4. The zero-order valence-electron chi connectivity index (χ0n) is 12.5. The molecule has 4 rings (SSSR count). The highest BCUT2D eigenvalue weighted by atomic mass is 14.9. The van der Waals surface area contributed by atoms with Crippen LogP contribution < -0.4 is 16.8 Å². The van der Waals surface area contributed by atoms with Crippen molar-refractivity contribution in [3.05, 3.63) is 66.7 Å². The summed E-state index contributed by atoms with van der Waals surface area (Å²) in [7, 11) is 0. The smallest absolute Gasteiger partial charge is 0.0751 e. The number of aromatic nitrogens is 1. The summed E-state index contributed by atoms with van der Waals surface area (Å²) >= 11 is 0. The lowest BCUT2D eigenvalue weighted by atomic mass is 10.1. The summed E-state index contributed by atoms with van der Waals surface area (Å²) in [6.07, 6.45) is 0. The van der Waals surface area contributed by atoms with E-state index in [4.69, 9.17) is 16.5 Å². The van der Waals surface area contributed by atoms with E-state index < -0.39 is 0 Å². The van der Waals surface area contributed by atoms with Gasteiger partial charge in [-0.2, -0.15) is 0 Å². The van der Waals surface area contributed by atoms with Crippen LogP contribution in [0, 0.1) is 0 Å². The average Bonchev–Trinajstić information content (AvgIpc) is 2.56. The fraction of sp³-hybridized carbons (Fsp3) is 0. The molecule has 4 aromatic rings. The van der Waals surface area contributed by atoms with Crippen molar-refractivity contribution in [2.45, 2.75) is 0 Å². The Morgan fingerprint density at radius 2 is 1.39 bits per heavy atom. The second kappa shape index (κ2) is 5.18. The van der Waals surface area contributed by atoms with E-state index in [2.05, 4.69) is 11.4 Å². The molecule has 4 heteroatoms. The van der Waals surface area contributed by atoms with Crippen LogP contribution in [0.25, 0.3) is 21.8 Å². The first kappa shape index (κ1) is 13.4. The number of nitrogens with two attached hydrogens (primary N) is 2. The topological polar surface area (TPSA) is 77.0 Å². The van der Waals surface area contributed by atoms with Gasteiger partial charge in [0, 0.05) is 27.8 Å². The zero-order valence-corrected chi connectivity index (χ0v) is 12.5. The Morgan fingerprint density at radius 3 is 2.22 bits per heavy atom. The maximum atomic E-state index is 5.91. The molecule has 0 unspecified atom stereocenters. The van der Waals surface area contributed by atoms with E-state index >= 15 is 0 Å². The molecule has 0 saturated carbocycles. The lowest BCUT2D eigenvalue weighted by molar-refractivity contribution is 1.48. The molecule has 4 nitrogen and oxygen atoms in total. The van der Waals surface area contributed by atoms with Crippen LogP contribution in [0.15, 0.2) is 66.7 Å². The van der Waals surface area contributed by atoms with Crippen LogP contribution in [0.1, 0.15) is 0 Å². The van der Waals surface area contributed by atoms with Crippen LogP contribution in [0.5, 0.6) is 0 Å². The Hall–Kier alpha value is -3.27. The standard InChI is InChI=1S/C19H16N4/c20-12-5-8-14(9-6-12)22-19-15-3-1-2-4-17(15)23-18-11-13(21)7-10-16(18)19/h1-11H,20-21H2,(H,22,23). The number of benzene rings is 3. The van der Waals surface area contributed by atoms with Gasteiger partial charge in [-0.1, -0.05) is 18.2 Å². The highest BCUT2D eigenvalue weighted by molar-refractivity contribution is 6.09. The van der Waals surface area contributed by atoms with Gasteiger partial charge in [-0.15, -0.1) is 0 Å². The maximum absolute atomic E-state index is 5.91. The van der Waals surface area contributed by atoms with Crippen molar-refractivity contribution < 1.29 is 0 Å². The Kier molecular flexibility index (Phi) is 3.01. The Balaban J connectivity index is 1.98. The minimum Gasteiger partial charge on any atom is -0.399 e. The van der Waals surface area contributed by atoms with Crippen molar-refractivity contribution in [2.75, 3.05) is 16.8 Å². The fourth-order valence-corrected chi connectivity index (χ4v) is 2.76. The van der Waals surface area contributed by atoms with Crippen LogP contribution in [-0.4, -0.2) is 4.98 Å². The predicted octanol–water partition coefficient (Wildman–Crippen LogP) is 4.30. The molecule has 0 aliphatic heterocycles. The van der Waals surface area contributed by atoms with Gasteiger partial charge in [0.05, 0.1) is 16.7 Å². The first-order valence-corrected chi connectivity index (χ1v) is 7.41. The van der Waals surface area contributed by atoms with Gasteiger partial charge in [0.1, 0.15) is 0 Å². The first-order valence-electron chi connectivity index (χ1n) is 7.41. The Labute approximate surface area is 133 Å². The van der Waals surface area contributed by atoms with Gasteiger partial charge in [-0.25, -0.2) is 4.98 Å². The van der Waals surface area contributed by atoms with Crippen LogP contribution >= 0.6 is 0 Å². The average molecular weight is 300 g/mol. The fourth-order valence-electron chi connectivity index (χ4n) is 2.76. The number of nitrogens with zero attached hydrogens (tertiary/aromatic N) is 1. The van der Waals surface area contributed by atoms with E-state index in [1.54, 1.807) is 0 Å². The number of hydrogen-bond donors (Lipinski definition) is 3. The maximum Gasteiger partial charge on any atom is 0.0751 e. The third kappa shape index (κ3) is 2.40. The van der Waals surface area contributed by atoms with E-state index in [9.17, 15) is 0 Å². The number of anilines is 4. The van der Waals surface area contributed by atoms with Crippen molar-refractivity contribution in [3.63, 3.8) is 0 Å². The minimum absolute atomic E-state index is 0.707. The summed E-state index contributed by atoms with van der Waals surface area (Å²) in [5.41, 5.74) is 16.9. The van der Waals surface area contributed by atoms with Crippen molar-refractivity contribution >= 4 is 44.6 Å². The van der Waals surface area contributed by atoms with Crippen LogP contribution in [0.3, 0.4) is 0 Å². The van der Waals surface area contributed by atoms with Crippen molar-refractivity contribution in [3.8, 4) is 0 Å². The first-order chi connectivity index (χ1) is 11.2. The molecule has 0 bridgehead atoms. The van der Waals surface area contributed by atoms with Gasteiger partial charge in [0.15, 0.2) is 0 Å². The third-order valence-corrected chi connectivity index (χ3v) is 3.89. The third-order valence-electron chi connectivity index (χ3n) is 3.89. The number of hydrogen-bond acceptors (Lipinski definition) is 4. The number of para-hydroxylation sites is 1. The lowest BCUT2D eigenvalue weighted by Crippen LogP contribution is -1.96. The van der Waals surface area contributed by atoms with E-state index in [-0.39, 0.29) is 0 Å². The van der Waals surface area contributed by atoms with E-state index in [1.807, 2.05) is 60.7 Å². The normalized spacial score (nSPS) is 11.0. The Morgan fingerprint density at radius 1 is 0.696 bits per heavy atom. The van der Waals surface area contributed by atoms with Crippen LogP contribution in [0.2, 0.25) is 0 Å². The molecule has 0 aliphatic rings. The van der Waals surface area contributed by atoms with Crippen molar-refractivity contribution in [1.82, 2.24) is 4.98 Å². The number of pyridine rings is 1. The van der Waals surface area contributed by atoms with E-state index in [1.165, 1.54) is 0 Å². The number of rotatable bonds is 2. The Bertz CT molecular complexity index is 1010. The highest BCUT2D eigenvalue weighted by Gasteiger charge is 2.09. The molecule has 0 aliphatic carbocycles. The summed E-state index contributed by atoms with van der Waals surface area (Å²) in [6.45, 7) is 0. The summed E-state index contributed by atoms with van der Waals surface area (Å²) in [5, 5.41) is 5.61. The molecular weight excluding hydrogens is 284 g/mol. The van der Waals surface area contributed by atoms with Crippen LogP contribution in [0.4, 0.5) is 22.7 Å². The summed E-state index contributed by atoms with van der Waals surface area (Å²) < 4.78 is 0. The molecule has 3 aromatic carbocycles. The monoisotopic (exact) mass is 300 g/mol. The molecule has 0 saturated heterocycles. The second-order valence-corrected chi connectivity index (χ2v) is 5.53. The highest BCUT2D eigenvalue weighted by Crippen LogP contribution is 2.33. The van der Waals surface area contributed by atoms with Crippen molar-refractivity contribution in [1.29, 1.82) is 0 Å². The van der Waals surface area contributed by atoms with Crippen molar-refractivity contribution in [2.24, 2.45) is 0 Å². The lowest BCUT2D eigenvalue weighted by Gasteiger charge is -2.14. The largest absolute Gasteiger partial charge is 0.399 e. The van der Waals surface area contributed by atoms with Gasteiger partial charge >= 0.3 is 0 Å². The number of nitrogen functional groups attached to an aromatic ring is 2. The summed E-state index contributed by atoms with van der Waals surface area (Å²) in [6, 6.07) is 21.6. The van der Waals surface area contributed by atoms with Gasteiger partial charge in [0.25, 0.3) is 0 Å². The molecule has 0 radical (unpaired) electrons. The second-order valence-electron chi connectivity index (χ2n) is 5.53. The molecule has 112 valence electrons. The van der Waals surface area contributed by atoms with E-state index in [0.717, 1.165) is 38.9 Å². The van der Waals surface area contributed by atoms with Gasteiger partial charge < -0.3 is 16.8 Å². The molecule has 1 aromatic heterocycles. The van der Waals surface area contributed by atoms with Gasteiger partial charge in [-0.05, 0) is 48.5 Å². The molecule has 5 N–H and O–H groups in total. The number of nitrogens with one attached hydrogen (secondary N) is 1. The minimum atomic E-state index is 0.707. The molecule has 0 amide bonds. The summed E-state index contributed by atoms with van der Waals surface area (Å²) in [4.78, 5) is 4.71. The SMILES string of the molecule is Nc1ccc(Nc2c3ccccc3nc3cc(N)ccc23)cc1. The molecule has 0 atom stereocenters. The van der Waals surface area contributed by atoms with E-state index in [0.29, 0.717) is 5.69 Å². The molecule has 23 heavy (non-hydrogen) atoms. The molecule has 0 spiro atoms. The number of fused-ring (bicyclic) bond motifs is 2. The molecule has 1 heterocycles. The molecule has 0 fully saturated rings. The quantitative estimate of drug-likeness (QED) is 0.381. The predicted molar refractivity (Wildman–Crippen MR) is 97.8 cm³/mol.